The van der Waals surface area contributed by atoms with Crippen LogP contribution < -0.4 is 9.64 Å². The highest BCUT2D eigenvalue weighted by Gasteiger charge is 2.21. The molecule has 0 aliphatic carbocycles. The van der Waals surface area contributed by atoms with E-state index in [0.717, 1.165) is 38.3 Å². The van der Waals surface area contributed by atoms with Gasteiger partial charge in [-0.3, -0.25) is 9.78 Å². The lowest BCUT2D eigenvalue weighted by atomic mass is 9.87. The highest BCUT2D eigenvalue weighted by Crippen LogP contribution is 2.24. The number of pyridine rings is 1. The normalized spacial score (nSPS) is 14.8. The number of piperazine rings is 1. The predicted octanol–water partition coefficient (Wildman–Crippen LogP) is 3.89. The molecule has 2 aromatic rings. The van der Waals surface area contributed by atoms with Crippen LogP contribution in [0.25, 0.3) is 0 Å². The molecular formula is C23H31N3O2. The van der Waals surface area contributed by atoms with E-state index in [2.05, 4.69) is 42.8 Å². The van der Waals surface area contributed by atoms with Gasteiger partial charge < -0.3 is 14.5 Å². The molecule has 3 rings (SSSR count). The number of rotatable bonds is 6. The Hall–Kier alpha value is -2.56. The van der Waals surface area contributed by atoms with E-state index in [-0.39, 0.29) is 11.3 Å². The van der Waals surface area contributed by atoms with Crippen molar-refractivity contribution in [2.24, 2.45) is 0 Å². The summed E-state index contributed by atoms with van der Waals surface area (Å²) in [7, 11) is 0. The number of hydrogen-bond acceptors (Lipinski definition) is 4. The Morgan fingerprint density at radius 1 is 1.00 bits per heavy atom. The molecule has 0 bridgehead atoms. The zero-order chi connectivity index (χ0) is 20.0. The Balaban J connectivity index is 1.36. The summed E-state index contributed by atoms with van der Waals surface area (Å²) in [6, 6.07) is 12.3. The van der Waals surface area contributed by atoms with Crippen LogP contribution in [0, 0.1) is 0 Å². The summed E-state index contributed by atoms with van der Waals surface area (Å²) in [5, 5.41) is 0. The van der Waals surface area contributed by atoms with Crippen LogP contribution in [0.2, 0.25) is 0 Å². The van der Waals surface area contributed by atoms with Gasteiger partial charge in [0.15, 0.2) is 0 Å². The Morgan fingerprint density at radius 2 is 1.64 bits per heavy atom. The van der Waals surface area contributed by atoms with Gasteiger partial charge in [0, 0.05) is 50.7 Å². The first-order chi connectivity index (χ1) is 13.4. The van der Waals surface area contributed by atoms with Crippen molar-refractivity contribution >= 4 is 11.6 Å². The number of amides is 1. The monoisotopic (exact) mass is 381 g/mol. The average molecular weight is 382 g/mol. The molecule has 1 aromatic heterocycles. The summed E-state index contributed by atoms with van der Waals surface area (Å²) in [6.07, 6.45) is 4.90. The molecule has 2 heterocycles. The highest BCUT2D eigenvalue weighted by atomic mass is 16.5. The van der Waals surface area contributed by atoms with Crippen LogP contribution in [-0.2, 0) is 10.2 Å². The third-order valence-corrected chi connectivity index (χ3v) is 5.18. The highest BCUT2D eigenvalue weighted by molar-refractivity contribution is 5.76. The van der Waals surface area contributed by atoms with Gasteiger partial charge in [0.05, 0.1) is 6.61 Å². The van der Waals surface area contributed by atoms with Gasteiger partial charge in [-0.15, -0.1) is 0 Å². The summed E-state index contributed by atoms with van der Waals surface area (Å²) >= 11 is 0. The minimum Gasteiger partial charge on any atom is -0.494 e. The quantitative estimate of drug-likeness (QED) is 0.712. The molecule has 150 valence electrons. The Morgan fingerprint density at radius 3 is 2.25 bits per heavy atom. The molecule has 0 N–H and O–H groups in total. The van der Waals surface area contributed by atoms with E-state index in [1.165, 1.54) is 11.3 Å². The van der Waals surface area contributed by atoms with Gasteiger partial charge in [-0.2, -0.15) is 0 Å². The third kappa shape index (κ3) is 5.47. The number of ether oxygens (including phenoxy) is 1. The SMILES string of the molecule is CC(C)(C)c1ccc(OCCCC(=O)N2CCN(c3ccncc3)CC2)cc1. The second-order valence-corrected chi connectivity index (χ2v) is 8.30. The van der Waals surface area contributed by atoms with E-state index in [1.54, 1.807) is 0 Å². The van der Waals surface area contributed by atoms with Gasteiger partial charge in [-0.25, -0.2) is 0 Å². The molecule has 1 amide bonds. The second kappa shape index (κ2) is 9.09. The molecular weight excluding hydrogens is 350 g/mol. The predicted molar refractivity (Wildman–Crippen MR) is 113 cm³/mol. The van der Waals surface area contributed by atoms with Crippen molar-refractivity contribution in [2.45, 2.75) is 39.0 Å². The first-order valence-electron chi connectivity index (χ1n) is 10.1. The van der Waals surface area contributed by atoms with Crippen molar-refractivity contribution in [3.8, 4) is 5.75 Å². The van der Waals surface area contributed by atoms with Crippen molar-refractivity contribution in [1.29, 1.82) is 0 Å². The number of aromatic nitrogens is 1. The van der Waals surface area contributed by atoms with Gasteiger partial charge in [-0.1, -0.05) is 32.9 Å². The van der Waals surface area contributed by atoms with Crippen molar-refractivity contribution in [3.05, 3.63) is 54.4 Å². The molecule has 28 heavy (non-hydrogen) atoms. The van der Waals surface area contributed by atoms with E-state index < -0.39 is 0 Å². The first kappa shape index (κ1) is 20.2. The number of hydrogen-bond donors (Lipinski definition) is 0. The van der Waals surface area contributed by atoms with Crippen LogP contribution in [-0.4, -0.2) is 48.6 Å². The van der Waals surface area contributed by atoms with Crippen LogP contribution in [0.3, 0.4) is 0 Å². The smallest absolute Gasteiger partial charge is 0.222 e. The molecule has 0 unspecified atom stereocenters. The zero-order valence-corrected chi connectivity index (χ0v) is 17.2. The number of benzene rings is 1. The summed E-state index contributed by atoms with van der Waals surface area (Å²) in [6.45, 7) is 10.4. The molecule has 0 radical (unpaired) electrons. The van der Waals surface area contributed by atoms with Gasteiger partial charge in [-0.05, 0) is 41.7 Å². The van der Waals surface area contributed by atoms with Crippen LogP contribution >= 0.6 is 0 Å². The largest absolute Gasteiger partial charge is 0.494 e. The molecule has 1 fully saturated rings. The van der Waals surface area contributed by atoms with E-state index in [4.69, 9.17) is 4.74 Å². The first-order valence-corrected chi connectivity index (χ1v) is 10.1. The van der Waals surface area contributed by atoms with Crippen LogP contribution in [0.4, 0.5) is 5.69 Å². The minimum atomic E-state index is 0.145. The second-order valence-electron chi connectivity index (χ2n) is 8.30. The maximum absolute atomic E-state index is 12.4. The number of nitrogens with zero attached hydrogens (tertiary/aromatic N) is 3. The van der Waals surface area contributed by atoms with Gasteiger partial charge >= 0.3 is 0 Å². The zero-order valence-electron chi connectivity index (χ0n) is 17.2. The van der Waals surface area contributed by atoms with Crippen LogP contribution in [0.15, 0.2) is 48.8 Å². The Bertz CT molecular complexity index is 746. The molecule has 0 saturated carbocycles. The third-order valence-electron chi connectivity index (χ3n) is 5.18. The molecule has 5 heteroatoms. The van der Waals surface area contributed by atoms with Gasteiger partial charge in [0.1, 0.15) is 5.75 Å². The lowest BCUT2D eigenvalue weighted by Gasteiger charge is -2.36. The molecule has 0 atom stereocenters. The fourth-order valence-electron chi connectivity index (χ4n) is 3.39. The van der Waals surface area contributed by atoms with E-state index in [0.29, 0.717) is 13.0 Å². The molecule has 0 spiro atoms. The Labute approximate surface area is 168 Å². The fourth-order valence-corrected chi connectivity index (χ4v) is 3.39. The minimum absolute atomic E-state index is 0.145. The topological polar surface area (TPSA) is 45.7 Å². The molecule has 1 aliphatic rings. The molecule has 1 aliphatic heterocycles. The lowest BCUT2D eigenvalue weighted by molar-refractivity contribution is -0.131. The lowest BCUT2D eigenvalue weighted by Crippen LogP contribution is -2.48. The summed E-state index contributed by atoms with van der Waals surface area (Å²) < 4.78 is 5.80. The summed E-state index contributed by atoms with van der Waals surface area (Å²) in [5.41, 5.74) is 2.61. The van der Waals surface area contributed by atoms with Crippen LogP contribution in [0.5, 0.6) is 5.75 Å². The van der Waals surface area contributed by atoms with Crippen LogP contribution in [0.1, 0.15) is 39.2 Å². The molecule has 1 saturated heterocycles. The molecule has 5 nitrogen and oxygen atoms in total. The van der Waals surface area contributed by atoms with Crippen molar-refractivity contribution in [2.75, 3.05) is 37.7 Å². The average Bonchev–Trinajstić information content (AvgIpc) is 2.71. The van der Waals surface area contributed by atoms with Gasteiger partial charge in [0.25, 0.3) is 0 Å². The fraction of sp³-hybridized carbons (Fsp3) is 0.478. The maximum atomic E-state index is 12.4. The number of carbonyl (C=O) groups is 1. The number of anilines is 1. The van der Waals surface area contributed by atoms with Crippen molar-refractivity contribution < 1.29 is 9.53 Å². The number of carbonyl (C=O) groups excluding carboxylic acids is 1. The molecule has 1 aromatic carbocycles. The standard InChI is InChI=1S/C23H31N3O2/c1-23(2,3)19-6-8-21(9-7-19)28-18-4-5-22(27)26-16-14-25(15-17-26)20-10-12-24-13-11-20/h6-13H,4-5,14-18H2,1-3H3. The maximum Gasteiger partial charge on any atom is 0.222 e. The van der Waals surface area contributed by atoms with Gasteiger partial charge in [0.2, 0.25) is 5.91 Å². The Kier molecular flexibility index (Phi) is 6.55. The van der Waals surface area contributed by atoms with E-state index in [9.17, 15) is 4.79 Å². The summed E-state index contributed by atoms with van der Waals surface area (Å²) in [5.74, 6) is 1.09. The van der Waals surface area contributed by atoms with Crippen molar-refractivity contribution in [3.63, 3.8) is 0 Å². The van der Waals surface area contributed by atoms with Crippen molar-refractivity contribution in [1.82, 2.24) is 9.88 Å². The van der Waals surface area contributed by atoms with E-state index in [1.807, 2.05) is 41.6 Å². The summed E-state index contributed by atoms with van der Waals surface area (Å²) in [4.78, 5) is 20.8. The van der Waals surface area contributed by atoms with E-state index >= 15 is 0 Å².